The average molecular weight is 293 g/mol. The molecular formula is C15H19NO5. The van der Waals surface area contributed by atoms with Gasteiger partial charge in [-0.1, -0.05) is 6.07 Å². The maximum Gasteiger partial charge on any atom is 0.345 e. The molecule has 0 fully saturated rings. The molecule has 0 aliphatic carbocycles. The number of carboxylic acids is 1. The molecule has 0 saturated carbocycles. The number of hydrogen-bond donors (Lipinski definition) is 2. The molecule has 2 N–H and O–H groups in total. The molecule has 1 aromatic rings. The molecule has 0 aromatic heterocycles. The van der Waals surface area contributed by atoms with Crippen molar-refractivity contribution in [3.8, 4) is 11.5 Å². The second-order valence-corrected chi connectivity index (χ2v) is 5.24. The molecule has 0 radical (unpaired) electrons. The van der Waals surface area contributed by atoms with Gasteiger partial charge < -0.3 is 19.9 Å². The third kappa shape index (κ3) is 4.11. The van der Waals surface area contributed by atoms with Crippen molar-refractivity contribution in [3.05, 3.63) is 23.8 Å². The Morgan fingerprint density at radius 3 is 2.90 bits per heavy atom. The number of ether oxygens (including phenoxy) is 2. The summed E-state index contributed by atoms with van der Waals surface area (Å²) in [5.74, 6) is 0.0658. The standard InChI is InChI=1S/C15H19NO5/c1-9(2)16-14(17)5-6-20-11-4-3-10-7-13(15(18)19)21-12(10)8-11/h3-4,8-9,13H,5-7H2,1-2H3,(H,16,17)(H,18,19). The Balaban J connectivity index is 1.85. The molecule has 1 unspecified atom stereocenters. The van der Waals surface area contributed by atoms with Crippen molar-refractivity contribution < 1.29 is 24.2 Å². The largest absolute Gasteiger partial charge is 0.493 e. The first-order chi connectivity index (χ1) is 9.95. The molecule has 0 saturated heterocycles. The van der Waals surface area contributed by atoms with Crippen LogP contribution in [-0.4, -0.2) is 35.7 Å². The highest BCUT2D eigenvalue weighted by Gasteiger charge is 2.28. The molecule has 6 nitrogen and oxygen atoms in total. The Kier molecular flexibility index (Phi) is 4.67. The zero-order valence-corrected chi connectivity index (χ0v) is 12.1. The van der Waals surface area contributed by atoms with Crippen molar-refractivity contribution in [3.63, 3.8) is 0 Å². The SMILES string of the molecule is CC(C)NC(=O)CCOc1ccc2c(c1)OC(C(=O)O)C2. The molecular weight excluding hydrogens is 274 g/mol. The number of benzene rings is 1. The fraction of sp³-hybridized carbons (Fsp3) is 0.467. The lowest BCUT2D eigenvalue weighted by Gasteiger charge is -2.10. The molecule has 21 heavy (non-hydrogen) atoms. The number of hydrogen-bond acceptors (Lipinski definition) is 4. The molecule has 1 aliphatic heterocycles. The number of carboxylic acid groups (broad SMARTS) is 1. The van der Waals surface area contributed by atoms with Crippen LogP contribution >= 0.6 is 0 Å². The average Bonchev–Trinajstić information content (AvgIpc) is 2.81. The van der Waals surface area contributed by atoms with Crippen molar-refractivity contribution in [2.24, 2.45) is 0 Å². The highest BCUT2D eigenvalue weighted by atomic mass is 16.5. The van der Waals surface area contributed by atoms with Crippen LogP contribution in [0.15, 0.2) is 18.2 Å². The number of amides is 1. The zero-order valence-electron chi connectivity index (χ0n) is 12.1. The summed E-state index contributed by atoms with van der Waals surface area (Å²) in [5.41, 5.74) is 0.854. The summed E-state index contributed by atoms with van der Waals surface area (Å²) in [5, 5.41) is 11.7. The van der Waals surface area contributed by atoms with Gasteiger partial charge in [-0.15, -0.1) is 0 Å². The summed E-state index contributed by atoms with van der Waals surface area (Å²) < 4.78 is 10.8. The van der Waals surface area contributed by atoms with Gasteiger partial charge in [-0.2, -0.15) is 0 Å². The third-order valence-corrected chi connectivity index (χ3v) is 3.04. The number of nitrogens with one attached hydrogen (secondary N) is 1. The highest BCUT2D eigenvalue weighted by Crippen LogP contribution is 2.32. The second kappa shape index (κ2) is 6.47. The van der Waals surface area contributed by atoms with Gasteiger partial charge in [0.15, 0.2) is 6.10 Å². The monoisotopic (exact) mass is 293 g/mol. The minimum atomic E-state index is -0.973. The quantitative estimate of drug-likeness (QED) is 0.827. The maximum absolute atomic E-state index is 11.5. The van der Waals surface area contributed by atoms with E-state index in [2.05, 4.69) is 5.32 Å². The van der Waals surface area contributed by atoms with E-state index in [4.69, 9.17) is 14.6 Å². The fourth-order valence-electron chi connectivity index (χ4n) is 2.09. The normalized spacial score (nSPS) is 16.2. The van der Waals surface area contributed by atoms with Gasteiger partial charge in [0.1, 0.15) is 11.5 Å². The molecule has 6 heteroatoms. The lowest BCUT2D eigenvalue weighted by Crippen LogP contribution is -2.31. The van der Waals surface area contributed by atoms with Crippen LogP contribution in [0.4, 0.5) is 0 Å². The van der Waals surface area contributed by atoms with Crippen LogP contribution in [0.2, 0.25) is 0 Å². The van der Waals surface area contributed by atoms with E-state index in [0.29, 0.717) is 17.9 Å². The number of fused-ring (bicyclic) bond motifs is 1. The van der Waals surface area contributed by atoms with Gasteiger partial charge in [-0.3, -0.25) is 4.79 Å². The Morgan fingerprint density at radius 2 is 2.24 bits per heavy atom. The summed E-state index contributed by atoms with van der Waals surface area (Å²) in [6.45, 7) is 4.06. The third-order valence-electron chi connectivity index (χ3n) is 3.04. The topological polar surface area (TPSA) is 84.9 Å². The predicted octanol–water partition coefficient (Wildman–Crippen LogP) is 1.37. The second-order valence-electron chi connectivity index (χ2n) is 5.24. The molecule has 114 valence electrons. The first-order valence-corrected chi connectivity index (χ1v) is 6.90. The van der Waals surface area contributed by atoms with E-state index in [1.807, 2.05) is 13.8 Å². The van der Waals surface area contributed by atoms with Crippen LogP contribution < -0.4 is 14.8 Å². The Morgan fingerprint density at radius 1 is 1.48 bits per heavy atom. The summed E-state index contributed by atoms with van der Waals surface area (Å²) in [6.07, 6.45) is -0.192. The summed E-state index contributed by atoms with van der Waals surface area (Å²) >= 11 is 0. The lowest BCUT2D eigenvalue weighted by atomic mass is 10.1. The molecule has 1 aromatic carbocycles. The molecule has 0 bridgehead atoms. The van der Waals surface area contributed by atoms with Crippen LogP contribution in [-0.2, 0) is 16.0 Å². The Labute approximate surface area is 123 Å². The summed E-state index contributed by atoms with van der Waals surface area (Å²) in [7, 11) is 0. The van der Waals surface area contributed by atoms with Crippen molar-refractivity contribution in [2.45, 2.75) is 38.8 Å². The maximum atomic E-state index is 11.5. The minimum Gasteiger partial charge on any atom is -0.493 e. The highest BCUT2D eigenvalue weighted by molar-refractivity contribution is 5.76. The summed E-state index contributed by atoms with van der Waals surface area (Å²) in [4.78, 5) is 22.4. The van der Waals surface area contributed by atoms with Gasteiger partial charge in [0.05, 0.1) is 13.0 Å². The van der Waals surface area contributed by atoms with Gasteiger partial charge in [0.2, 0.25) is 5.91 Å². The van der Waals surface area contributed by atoms with Crippen molar-refractivity contribution in [2.75, 3.05) is 6.61 Å². The number of carbonyl (C=O) groups excluding carboxylic acids is 1. The van der Waals surface area contributed by atoms with E-state index in [9.17, 15) is 9.59 Å². The van der Waals surface area contributed by atoms with Crippen LogP contribution in [0.25, 0.3) is 0 Å². The van der Waals surface area contributed by atoms with E-state index >= 15 is 0 Å². The van der Waals surface area contributed by atoms with Crippen LogP contribution in [0.1, 0.15) is 25.8 Å². The summed E-state index contributed by atoms with van der Waals surface area (Å²) in [6, 6.07) is 5.33. The van der Waals surface area contributed by atoms with Gasteiger partial charge >= 0.3 is 5.97 Å². The van der Waals surface area contributed by atoms with E-state index in [1.54, 1.807) is 18.2 Å². The number of aliphatic carboxylic acids is 1. The van der Waals surface area contributed by atoms with E-state index in [0.717, 1.165) is 5.56 Å². The van der Waals surface area contributed by atoms with Crippen molar-refractivity contribution >= 4 is 11.9 Å². The first-order valence-electron chi connectivity index (χ1n) is 6.90. The molecule has 1 heterocycles. The minimum absolute atomic E-state index is 0.0617. The number of carbonyl (C=O) groups is 2. The zero-order chi connectivity index (χ0) is 15.4. The van der Waals surface area contributed by atoms with Gasteiger partial charge in [-0.05, 0) is 25.5 Å². The van der Waals surface area contributed by atoms with Gasteiger partial charge in [0.25, 0.3) is 0 Å². The molecule has 2 rings (SSSR count). The van der Waals surface area contributed by atoms with Crippen molar-refractivity contribution in [1.29, 1.82) is 0 Å². The smallest absolute Gasteiger partial charge is 0.345 e. The Bertz CT molecular complexity index is 541. The Hall–Kier alpha value is -2.24. The van der Waals surface area contributed by atoms with Gasteiger partial charge in [0, 0.05) is 18.5 Å². The van der Waals surface area contributed by atoms with Crippen LogP contribution in [0, 0.1) is 0 Å². The molecule has 1 amide bonds. The van der Waals surface area contributed by atoms with E-state index in [1.165, 1.54) is 0 Å². The fourth-order valence-corrected chi connectivity index (χ4v) is 2.09. The first kappa shape index (κ1) is 15.2. The number of rotatable bonds is 6. The molecule has 0 spiro atoms. The lowest BCUT2D eigenvalue weighted by molar-refractivity contribution is -0.144. The van der Waals surface area contributed by atoms with Crippen LogP contribution in [0.5, 0.6) is 11.5 Å². The predicted molar refractivity (Wildman–Crippen MR) is 75.6 cm³/mol. The molecule has 1 atom stereocenters. The van der Waals surface area contributed by atoms with Crippen molar-refractivity contribution in [1.82, 2.24) is 5.32 Å². The van der Waals surface area contributed by atoms with Gasteiger partial charge in [-0.25, -0.2) is 4.79 Å². The molecule has 1 aliphatic rings. The van der Waals surface area contributed by atoms with E-state index in [-0.39, 0.29) is 25.0 Å². The van der Waals surface area contributed by atoms with Crippen LogP contribution in [0.3, 0.4) is 0 Å². The van der Waals surface area contributed by atoms with E-state index < -0.39 is 12.1 Å².